The van der Waals surface area contributed by atoms with Crippen molar-refractivity contribution >= 4 is 11.8 Å². The van der Waals surface area contributed by atoms with Crippen LogP contribution in [0.15, 0.2) is 0 Å². The Labute approximate surface area is 88.0 Å². The molecule has 0 aromatic carbocycles. The maximum absolute atomic E-state index is 4.49. The fourth-order valence-corrected chi connectivity index (χ4v) is 3.61. The summed E-state index contributed by atoms with van der Waals surface area (Å²) in [6.07, 6.45) is 3.77. The molecule has 0 bridgehead atoms. The van der Waals surface area contributed by atoms with Crippen LogP contribution in [-0.4, -0.2) is 22.5 Å². The van der Waals surface area contributed by atoms with E-state index in [4.69, 9.17) is 0 Å². The molecule has 0 aliphatic carbocycles. The Morgan fingerprint density at radius 2 is 2.43 bits per heavy atom. The van der Waals surface area contributed by atoms with Gasteiger partial charge in [0, 0.05) is 36.0 Å². The highest BCUT2D eigenvalue weighted by molar-refractivity contribution is 7.99. The topological polar surface area (TPSA) is 40.7 Å². The average molecular weight is 209 g/mol. The quantitative estimate of drug-likeness (QED) is 0.738. The number of aromatic amines is 1. The highest BCUT2D eigenvalue weighted by Gasteiger charge is 2.25. The smallest absolute Gasteiger partial charge is 0.0799 e. The van der Waals surface area contributed by atoms with E-state index in [1.165, 1.54) is 35.5 Å². The molecule has 14 heavy (non-hydrogen) atoms. The van der Waals surface area contributed by atoms with Crippen molar-refractivity contribution < 1.29 is 0 Å². The number of thioether (sulfide) groups is 1. The summed E-state index contributed by atoms with van der Waals surface area (Å²) in [5.74, 6) is 1.31. The van der Waals surface area contributed by atoms with E-state index in [9.17, 15) is 0 Å². The van der Waals surface area contributed by atoms with Gasteiger partial charge in [-0.2, -0.15) is 16.9 Å². The molecule has 1 unspecified atom stereocenters. The molecule has 2 aliphatic rings. The minimum atomic E-state index is 0.662. The Hall–Kier alpha value is -0.480. The van der Waals surface area contributed by atoms with Gasteiger partial charge in [-0.25, -0.2) is 0 Å². The van der Waals surface area contributed by atoms with Crippen molar-refractivity contribution in [2.75, 3.05) is 12.3 Å². The molecule has 0 radical (unpaired) electrons. The Bertz CT molecular complexity index is 328. The van der Waals surface area contributed by atoms with E-state index >= 15 is 0 Å². The van der Waals surface area contributed by atoms with Crippen LogP contribution in [-0.2, 0) is 13.0 Å². The lowest BCUT2D eigenvalue weighted by molar-refractivity contribution is 0.632. The number of nitrogens with one attached hydrogen (secondary N) is 2. The van der Waals surface area contributed by atoms with Gasteiger partial charge in [0.15, 0.2) is 0 Å². The average Bonchev–Trinajstić information content (AvgIpc) is 2.85. The summed E-state index contributed by atoms with van der Waals surface area (Å²) in [4.78, 5) is 0. The van der Waals surface area contributed by atoms with Gasteiger partial charge in [0.05, 0.1) is 5.69 Å². The molecule has 3 heterocycles. The zero-order valence-electron chi connectivity index (χ0n) is 8.18. The lowest BCUT2D eigenvalue weighted by atomic mass is 10.0. The van der Waals surface area contributed by atoms with Gasteiger partial charge in [-0.3, -0.25) is 5.10 Å². The van der Waals surface area contributed by atoms with Crippen molar-refractivity contribution in [3.63, 3.8) is 0 Å². The minimum absolute atomic E-state index is 0.662. The minimum Gasteiger partial charge on any atom is -0.312 e. The van der Waals surface area contributed by atoms with Gasteiger partial charge in [0.25, 0.3) is 0 Å². The zero-order valence-corrected chi connectivity index (χ0v) is 8.99. The maximum Gasteiger partial charge on any atom is 0.0799 e. The van der Waals surface area contributed by atoms with Gasteiger partial charge in [-0.05, 0) is 18.6 Å². The number of hydrogen-bond donors (Lipinski definition) is 2. The fraction of sp³-hybridized carbons (Fsp3) is 0.700. The first kappa shape index (κ1) is 8.80. The van der Waals surface area contributed by atoms with E-state index in [0.29, 0.717) is 5.25 Å². The van der Waals surface area contributed by atoms with Gasteiger partial charge in [0.2, 0.25) is 0 Å². The van der Waals surface area contributed by atoms with Gasteiger partial charge in [0.1, 0.15) is 0 Å². The molecule has 3 nitrogen and oxygen atoms in total. The first-order chi connectivity index (χ1) is 6.95. The molecule has 1 fully saturated rings. The van der Waals surface area contributed by atoms with Crippen LogP contribution in [0, 0.1) is 0 Å². The lowest BCUT2D eigenvalue weighted by Gasteiger charge is -2.14. The molecule has 3 rings (SSSR count). The molecule has 76 valence electrons. The highest BCUT2D eigenvalue weighted by Crippen LogP contribution is 2.41. The summed E-state index contributed by atoms with van der Waals surface area (Å²) in [5.41, 5.74) is 4.15. The number of aromatic nitrogens is 2. The van der Waals surface area contributed by atoms with Crippen LogP contribution in [0.3, 0.4) is 0 Å². The van der Waals surface area contributed by atoms with Crippen molar-refractivity contribution in [3.05, 3.63) is 17.0 Å². The molecule has 0 spiro atoms. The summed E-state index contributed by atoms with van der Waals surface area (Å²) in [5, 5.41) is 11.8. The third-order valence-electron chi connectivity index (χ3n) is 3.07. The zero-order chi connectivity index (χ0) is 9.38. The second-order valence-electron chi connectivity index (χ2n) is 3.99. The van der Waals surface area contributed by atoms with Crippen molar-refractivity contribution in [2.45, 2.75) is 31.1 Å². The van der Waals surface area contributed by atoms with Gasteiger partial charge < -0.3 is 5.32 Å². The molecule has 0 amide bonds. The third kappa shape index (κ3) is 1.37. The summed E-state index contributed by atoms with van der Waals surface area (Å²) >= 11 is 2.06. The largest absolute Gasteiger partial charge is 0.312 e. The first-order valence-electron chi connectivity index (χ1n) is 5.33. The summed E-state index contributed by atoms with van der Waals surface area (Å²) in [6, 6.07) is 0. The Balaban J connectivity index is 1.93. The Morgan fingerprint density at radius 3 is 3.29 bits per heavy atom. The molecule has 2 N–H and O–H groups in total. The maximum atomic E-state index is 4.49. The van der Waals surface area contributed by atoms with Crippen molar-refractivity contribution in [1.29, 1.82) is 0 Å². The molecule has 0 saturated carbocycles. The van der Waals surface area contributed by atoms with Gasteiger partial charge in [-0.15, -0.1) is 0 Å². The SMILES string of the molecule is C1CSC(c2n[nH]c3c2CNCC3)C1. The monoisotopic (exact) mass is 209 g/mol. The van der Waals surface area contributed by atoms with Crippen LogP contribution in [0.5, 0.6) is 0 Å². The fourth-order valence-electron chi connectivity index (χ4n) is 2.31. The molecule has 1 atom stereocenters. The molecule has 2 aliphatic heterocycles. The summed E-state index contributed by atoms with van der Waals surface area (Å²) < 4.78 is 0. The van der Waals surface area contributed by atoms with Gasteiger partial charge in [-0.1, -0.05) is 0 Å². The Morgan fingerprint density at radius 1 is 1.43 bits per heavy atom. The number of H-pyrrole nitrogens is 1. The second kappa shape index (κ2) is 3.59. The van der Waals surface area contributed by atoms with Crippen molar-refractivity contribution in [1.82, 2.24) is 15.5 Å². The van der Waals surface area contributed by atoms with E-state index in [0.717, 1.165) is 19.5 Å². The van der Waals surface area contributed by atoms with E-state index in [-0.39, 0.29) is 0 Å². The second-order valence-corrected chi connectivity index (χ2v) is 5.31. The van der Waals surface area contributed by atoms with E-state index in [1.807, 2.05) is 0 Å². The molecule has 1 aromatic heterocycles. The predicted molar refractivity (Wildman–Crippen MR) is 58.4 cm³/mol. The van der Waals surface area contributed by atoms with Crippen LogP contribution >= 0.6 is 11.8 Å². The Kier molecular flexibility index (Phi) is 2.25. The standard InChI is InChI=1S/C10H15N3S/c1-2-9(14-5-1)10-7-6-11-4-3-8(7)12-13-10/h9,11H,1-6H2,(H,12,13). The lowest BCUT2D eigenvalue weighted by Crippen LogP contribution is -2.23. The number of rotatable bonds is 1. The van der Waals surface area contributed by atoms with Gasteiger partial charge >= 0.3 is 0 Å². The predicted octanol–water partition coefficient (Wildman–Crippen LogP) is 1.62. The molecule has 1 saturated heterocycles. The van der Waals surface area contributed by atoms with Crippen LogP contribution in [0.2, 0.25) is 0 Å². The number of nitrogens with zero attached hydrogens (tertiary/aromatic N) is 1. The third-order valence-corrected chi connectivity index (χ3v) is 4.46. The number of fused-ring (bicyclic) bond motifs is 1. The number of hydrogen-bond acceptors (Lipinski definition) is 3. The van der Waals surface area contributed by atoms with Crippen molar-refractivity contribution in [3.8, 4) is 0 Å². The molecular weight excluding hydrogens is 194 g/mol. The normalized spacial score (nSPS) is 26.4. The highest BCUT2D eigenvalue weighted by atomic mass is 32.2. The molecular formula is C10H15N3S. The van der Waals surface area contributed by atoms with Crippen LogP contribution in [0.4, 0.5) is 0 Å². The summed E-state index contributed by atoms with van der Waals surface area (Å²) in [6.45, 7) is 2.10. The van der Waals surface area contributed by atoms with E-state index in [1.54, 1.807) is 0 Å². The van der Waals surface area contributed by atoms with E-state index in [2.05, 4.69) is 27.3 Å². The van der Waals surface area contributed by atoms with Crippen LogP contribution < -0.4 is 5.32 Å². The first-order valence-corrected chi connectivity index (χ1v) is 6.38. The van der Waals surface area contributed by atoms with E-state index < -0.39 is 0 Å². The van der Waals surface area contributed by atoms with Crippen molar-refractivity contribution in [2.24, 2.45) is 0 Å². The van der Waals surface area contributed by atoms with Crippen LogP contribution in [0.1, 0.15) is 35.0 Å². The summed E-state index contributed by atoms with van der Waals surface area (Å²) in [7, 11) is 0. The van der Waals surface area contributed by atoms with Crippen LogP contribution in [0.25, 0.3) is 0 Å². The molecule has 4 heteroatoms. The molecule has 1 aromatic rings.